The number of hydrogen-bond donors (Lipinski definition) is 0. The zero-order valence-corrected chi connectivity index (χ0v) is 14.9. The molecule has 1 aromatic heterocycles. The van der Waals surface area contributed by atoms with Crippen LogP contribution >= 0.6 is 0 Å². The summed E-state index contributed by atoms with van der Waals surface area (Å²) in [5.74, 6) is 1.51. The zero-order chi connectivity index (χ0) is 15.7. The van der Waals surface area contributed by atoms with Gasteiger partial charge in [0, 0.05) is 17.3 Å². The van der Waals surface area contributed by atoms with E-state index in [2.05, 4.69) is 66.4 Å². The van der Waals surface area contributed by atoms with E-state index in [-0.39, 0.29) is 5.54 Å². The number of anilines is 1. The molecule has 116 valence electrons. The molecule has 0 spiro atoms. The van der Waals surface area contributed by atoms with Gasteiger partial charge in [-0.2, -0.15) is 0 Å². The Bertz CT molecular complexity index is 570. The second-order valence-corrected chi connectivity index (χ2v) is 8.18. The van der Waals surface area contributed by atoms with Crippen molar-refractivity contribution < 1.29 is 0 Å². The van der Waals surface area contributed by atoms with E-state index < -0.39 is 0 Å². The normalized spacial score (nSPS) is 41.9. The van der Waals surface area contributed by atoms with Crippen LogP contribution in [-0.2, 0) is 0 Å². The maximum atomic E-state index is 4.75. The van der Waals surface area contributed by atoms with Gasteiger partial charge in [0.05, 0.1) is 11.4 Å². The van der Waals surface area contributed by atoms with Gasteiger partial charge < -0.3 is 4.90 Å². The van der Waals surface area contributed by atoms with Crippen LogP contribution in [0.4, 0.5) is 5.69 Å². The summed E-state index contributed by atoms with van der Waals surface area (Å²) in [5.41, 5.74) is 5.76. The maximum Gasteiger partial charge on any atom is 0.0619 e. The van der Waals surface area contributed by atoms with Crippen LogP contribution in [-0.4, -0.2) is 16.6 Å². The molecule has 0 N–H and O–H groups in total. The van der Waals surface area contributed by atoms with Gasteiger partial charge in [0.2, 0.25) is 0 Å². The van der Waals surface area contributed by atoms with E-state index in [0.29, 0.717) is 11.5 Å². The molecule has 2 aliphatic rings. The quantitative estimate of drug-likeness (QED) is 0.746. The summed E-state index contributed by atoms with van der Waals surface area (Å²) in [4.78, 5) is 7.47. The van der Waals surface area contributed by atoms with Crippen molar-refractivity contribution in [1.29, 1.82) is 0 Å². The molecule has 1 aromatic rings. The molecule has 4 unspecified atom stereocenters. The number of hydrogen-bond acceptors (Lipinski definition) is 2. The number of aryl methyl sites for hydroxylation is 3. The summed E-state index contributed by atoms with van der Waals surface area (Å²) in [6.07, 6.45) is 1.30. The van der Waals surface area contributed by atoms with Crippen molar-refractivity contribution in [2.75, 3.05) is 4.90 Å². The highest BCUT2D eigenvalue weighted by molar-refractivity contribution is 5.62. The monoisotopic (exact) mass is 286 g/mol. The molecule has 2 heterocycles. The number of piperidine rings is 1. The molecule has 5 atom stereocenters. The first-order valence-corrected chi connectivity index (χ1v) is 8.37. The largest absolute Gasteiger partial charge is 0.361 e. The molecule has 1 aliphatic carbocycles. The Balaban J connectivity index is 2.17. The summed E-state index contributed by atoms with van der Waals surface area (Å²) in [6.45, 7) is 18.8. The van der Waals surface area contributed by atoms with Crippen molar-refractivity contribution in [2.45, 2.75) is 73.4 Å². The first kappa shape index (κ1) is 14.9. The molecule has 2 bridgehead atoms. The maximum absolute atomic E-state index is 4.75. The van der Waals surface area contributed by atoms with Crippen molar-refractivity contribution in [3.8, 4) is 0 Å². The van der Waals surface area contributed by atoms with E-state index in [1.165, 1.54) is 23.4 Å². The fourth-order valence-corrected chi connectivity index (χ4v) is 5.60. The van der Waals surface area contributed by atoms with Crippen LogP contribution in [0.2, 0.25) is 0 Å². The van der Waals surface area contributed by atoms with Crippen molar-refractivity contribution in [3.05, 3.63) is 23.0 Å². The third-order valence-electron chi connectivity index (χ3n) is 7.13. The van der Waals surface area contributed by atoms with Crippen molar-refractivity contribution in [1.82, 2.24) is 4.98 Å². The molecule has 1 saturated heterocycles. The molecule has 2 nitrogen and oxygen atoms in total. The minimum Gasteiger partial charge on any atom is -0.361 e. The van der Waals surface area contributed by atoms with E-state index in [1.807, 2.05) is 0 Å². The molecule has 3 rings (SSSR count). The highest BCUT2D eigenvalue weighted by Gasteiger charge is 2.65. The molecule has 0 radical (unpaired) electrons. The summed E-state index contributed by atoms with van der Waals surface area (Å²) >= 11 is 0. The van der Waals surface area contributed by atoms with Crippen LogP contribution in [0.1, 0.15) is 58.0 Å². The fourth-order valence-electron chi connectivity index (χ4n) is 5.60. The lowest BCUT2D eigenvalue weighted by Gasteiger charge is -2.51. The highest BCUT2D eigenvalue weighted by atomic mass is 15.3. The van der Waals surface area contributed by atoms with E-state index in [1.54, 1.807) is 0 Å². The highest BCUT2D eigenvalue weighted by Crippen LogP contribution is 2.64. The molecule has 2 heteroatoms. The first-order valence-electron chi connectivity index (χ1n) is 8.37. The van der Waals surface area contributed by atoms with Gasteiger partial charge in [-0.1, -0.05) is 20.8 Å². The van der Waals surface area contributed by atoms with Gasteiger partial charge in [-0.3, -0.25) is 4.98 Å². The lowest BCUT2D eigenvalue weighted by atomic mass is 9.71. The Morgan fingerprint density at radius 3 is 2.24 bits per heavy atom. The number of aromatic nitrogens is 1. The molecule has 21 heavy (non-hydrogen) atoms. The van der Waals surface area contributed by atoms with Crippen molar-refractivity contribution in [3.63, 3.8) is 0 Å². The van der Waals surface area contributed by atoms with E-state index in [9.17, 15) is 0 Å². The Labute approximate surface area is 130 Å². The molecule has 0 aromatic carbocycles. The average Bonchev–Trinajstić information content (AvgIpc) is 2.68. The summed E-state index contributed by atoms with van der Waals surface area (Å²) in [7, 11) is 0. The third-order valence-corrected chi connectivity index (χ3v) is 7.13. The minimum absolute atomic E-state index is 0.264. The topological polar surface area (TPSA) is 16.1 Å². The molecular weight excluding hydrogens is 256 g/mol. The Morgan fingerprint density at radius 2 is 1.71 bits per heavy atom. The predicted molar refractivity (Wildman–Crippen MR) is 89.8 cm³/mol. The molecule has 1 aliphatic heterocycles. The van der Waals surface area contributed by atoms with Crippen LogP contribution < -0.4 is 4.90 Å². The number of rotatable bonds is 1. The van der Waals surface area contributed by atoms with Gasteiger partial charge in [-0.05, 0) is 69.9 Å². The Hall–Kier alpha value is -1.05. The molecular formula is C19H30N2. The average molecular weight is 286 g/mol. The number of nitrogens with zero attached hydrogens (tertiary/aromatic N) is 2. The molecule has 1 saturated carbocycles. The number of pyridine rings is 1. The van der Waals surface area contributed by atoms with Gasteiger partial charge >= 0.3 is 0 Å². The minimum atomic E-state index is 0.264. The van der Waals surface area contributed by atoms with E-state index >= 15 is 0 Å². The first-order chi connectivity index (χ1) is 9.63. The standard InChI is InChI=1S/C19H30N2/c1-11-9-12(2)20-15(5)17(11)21-16(6)18(7)10-19(21,8)14(4)13(18)3/h9,13-14,16H,10H2,1-8H3/t13?,14?,16-,18?,19?/m0/s1. The third kappa shape index (κ3) is 1.68. The summed E-state index contributed by atoms with van der Waals surface area (Å²) in [5, 5.41) is 0. The van der Waals surface area contributed by atoms with Gasteiger partial charge in [-0.25, -0.2) is 0 Å². The van der Waals surface area contributed by atoms with Crippen LogP contribution in [0.3, 0.4) is 0 Å². The van der Waals surface area contributed by atoms with Crippen LogP contribution in [0, 0.1) is 38.0 Å². The van der Waals surface area contributed by atoms with E-state index in [4.69, 9.17) is 4.98 Å². The number of fused-ring (bicyclic) bond motifs is 2. The predicted octanol–water partition coefficient (Wildman–Crippen LogP) is 4.66. The second-order valence-electron chi connectivity index (χ2n) is 8.18. The van der Waals surface area contributed by atoms with Crippen LogP contribution in [0.15, 0.2) is 6.07 Å². The lowest BCUT2D eigenvalue weighted by molar-refractivity contribution is 0.148. The van der Waals surface area contributed by atoms with Gasteiger partial charge in [-0.15, -0.1) is 0 Å². The fraction of sp³-hybridized carbons (Fsp3) is 0.737. The van der Waals surface area contributed by atoms with Gasteiger partial charge in [0.25, 0.3) is 0 Å². The lowest BCUT2D eigenvalue weighted by Crippen LogP contribution is -2.56. The van der Waals surface area contributed by atoms with Crippen LogP contribution in [0.5, 0.6) is 0 Å². The van der Waals surface area contributed by atoms with Gasteiger partial charge in [0.1, 0.15) is 0 Å². The van der Waals surface area contributed by atoms with Crippen LogP contribution in [0.25, 0.3) is 0 Å². The zero-order valence-electron chi connectivity index (χ0n) is 14.9. The van der Waals surface area contributed by atoms with E-state index in [0.717, 1.165) is 17.5 Å². The Morgan fingerprint density at radius 1 is 1.10 bits per heavy atom. The SMILES string of the molecule is Cc1cc(C)c(N2[C@@H](C)C3(C)CC2(C)C(C)C3C)c(C)n1. The molecule has 0 amide bonds. The summed E-state index contributed by atoms with van der Waals surface area (Å²) in [6, 6.07) is 2.82. The molecule has 2 fully saturated rings. The van der Waals surface area contributed by atoms with Crippen molar-refractivity contribution >= 4 is 5.69 Å². The van der Waals surface area contributed by atoms with Crippen molar-refractivity contribution in [2.24, 2.45) is 17.3 Å². The summed E-state index contributed by atoms with van der Waals surface area (Å²) < 4.78 is 0. The Kier molecular flexibility index (Phi) is 3.00. The van der Waals surface area contributed by atoms with Gasteiger partial charge in [0.15, 0.2) is 0 Å². The second kappa shape index (κ2) is 4.24. The smallest absolute Gasteiger partial charge is 0.0619 e.